The lowest BCUT2D eigenvalue weighted by Crippen LogP contribution is -2.47. The van der Waals surface area contributed by atoms with Gasteiger partial charge in [-0.1, -0.05) is 22.0 Å². The Morgan fingerprint density at radius 1 is 1.50 bits per heavy atom. The van der Waals surface area contributed by atoms with Gasteiger partial charge < -0.3 is 10.6 Å². The zero-order valence-electron chi connectivity index (χ0n) is 10.6. The van der Waals surface area contributed by atoms with E-state index in [-0.39, 0.29) is 5.91 Å². The molecular formula is C14H19BrN2O. The lowest BCUT2D eigenvalue weighted by molar-refractivity contribution is 0.0567. The highest BCUT2D eigenvalue weighted by Crippen LogP contribution is 2.23. The van der Waals surface area contributed by atoms with Crippen LogP contribution in [-0.2, 0) is 0 Å². The number of likely N-dealkylation sites (tertiary alicyclic amines) is 1. The third-order valence-electron chi connectivity index (χ3n) is 3.65. The number of hydrogen-bond acceptors (Lipinski definition) is 2. The van der Waals surface area contributed by atoms with Crippen molar-refractivity contribution in [2.24, 2.45) is 11.7 Å². The van der Waals surface area contributed by atoms with E-state index in [1.807, 2.05) is 29.2 Å². The van der Waals surface area contributed by atoms with Gasteiger partial charge in [0.2, 0.25) is 0 Å². The van der Waals surface area contributed by atoms with Crippen molar-refractivity contribution in [3.8, 4) is 0 Å². The van der Waals surface area contributed by atoms with Crippen LogP contribution >= 0.6 is 15.9 Å². The average molecular weight is 311 g/mol. The smallest absolute Gasteiger partial charge is 0.254 e. The minimum absolute atomic E-state index is 0.113. The monoisotopic (exact) mass is 310 g/mol. The van der Waals surface area contributed by atoms with Crippen LogP contribution in [0.2, 0.25) is 0 Å². The molecule has 1 aromatic rings. The molecule has 4 heteroatoms. The SMILES string of the molecule is CC1CCC(CN)CN1C(=O)c1cccc(Br)c1. The predicted molar refractivity (Wildman–Crippen MR) is 76.4 cm³/mol. The van der Waals surface area contributed by atoms with Crippen molar-refractivity contribution < 1.29 is 4.79 Å². The molecule has 3 nitrogen and oxygen atoms in total. The molecule has 0 radical (unpaired) electrons. The van der Waals surface area contributed by atoms with Crippen LogP contribution < -0.4 is 5.73 Å². The molecule has 2 N–H and O–H groups in total. The number of halogens is 1. The fourth-order valence-electron chi connectivity index (χ4n) is 2.44. The van der Waals surface area contributed by atoms with Gasteiger partial charge in [-0.25, -0.2) is 0 Å². The normalized spacial score (nSPS) is 24.1. The Labute approximate surface area is 116 Å². The van der Waals surface area contributed by atoms with Crippen LogP contribution in [0.4, 0.5) is 0 Å². The molecule has 2 unspecified atom stereocenters. The van der Waals surface area contributed by atoms with Gasteiger partial charge in [-0.05, 0) is 50.4 Å². The van der Waals surface area contributed by atoms with E-state index in [1.54, 1.807) is 0 Å². The number of benzene rings is 1. The van der Waals surface area contributed by atoms with Crippen LogP contribution in [0, 0.1) is 5.92 Å². The molecule has 1 heterocycles. The van der Waals surface area contributed by atoms with E-state index in [1.165, 1.54) is 0 Å². The zero-order valence-corrected chi connectivity index (χ0v) is 12.2. The number of nitrogens with zero attached hydrogens (tertiary/aromatic N) is 1. The van der Waals surface area contributed by atoms with E-state index in [2.05, 4.69) is 22.9 Å². The maximum atomic E-state index is 12.5. The molecule has 0 spiro atoms. The van der Waals surface area contributed by atoms with Gasteiger partial charge in [0.25, 0.3) is 5.91 Å². The zero-order chi connectivity index (χ0) is 13.1. The Hall–Kier alpha value is -0.870. The quantitative estimate of drug-likeness (QED) is 0.913. The molecule has 0 bridgehead atoms. The lowest BCUT2D eigenvalue weighted by Gasteiger charge is -2.37. The molecule has 1 aliphatic rings. The first kappa shape index (κ1) is 13.6. The summed E-state index contributed by atoms with van der Waals surface area (Å²) in [6.45, 7) is 3.56. The molecule has 1 saturated heterocycles. The summed E-state index contributed by atoms with van der Waals surface area (Å²) in [5, 5.41) is 0. The van der Waals surface area contributed by atoms with Gasteiger partial charge >= 0.3 is 0 Å². The summed E-state index contributed by atoms with van der Waals surface area (Å²) in [5.41, 5.74) is 6.47. The van der Waals surface area contributed by atoms with E-state index in [9.17, 15) is 4.79 Å². The van der Waals surface area contributed by atoms with Crippen LogP contribution in [0.25, 0.3) is 0 Å². The van der Waals surface area contributed by atoms with Crippen LogP contribution in [0.5, 0.6) is 0 Å². The maximum Gasteiger partial charge on any atom is 0.254 e. The Morgan fingerprint density at radius 3 is 2.94 bits per heavy atom. The first-order valence-electron chi connectivity index (χ1n) is 6.38. The summed E-state index contributed by atoms with van der Waals surface area (Å²) in [5.74, 6) is 0.555. The summed E-state index contributed by atoms with van der Waals surface area (Å²) in [6.07, 6.45) is 2.17. The summed E-state index contributed by atoms with van der Waals surface area (Å²) < 4.78 is 0.938. The fourth-order valence-corrected chi connectivity index (χ4v) is 2.84. The van der Waals surface area contributed by atoms with Crippen LogP contribution in [0.1, 0.15) is 30.1 Å². The Bertz CT molecular complexity index is 436. The van der Waals surface area contributed by atoms with Gasteiger partial charge in [0.1, 0.15) is 0 Å². The third-order valence-corrected chi connectivity index (χ3v) is 4.14. The van der Waals surface area contributed by atoms with Crippen molar-refractivity contribution in [3.05, 3.63) is 34.3 Å². The maximum absolute atomic E-state index is 12.5. The number of amides is 1. The number of carbonyl (C=O) groups excluding carboxylic acids is 1. The first-order chi connectivity index (χ1) is 8.61. The number of carbonyl (C=O) groups is 1. The second-order valence-electron chi connectivity index (χ2n) is 5.00. The molecule has 1 fully saturated rings. The highest BCUT2D eigenvalue weighted by molar-refractivity contribution is 9.10. The number of piperidine rings is 1. The average Bonchev–Trinajstić information content (AvgIpc) is 2.38. The van der Waals surface area contributed by atoms with Gasteiger partial charge in [-0.3, -0.25) is 4.79 Å². The highest BCUT2D eigenvalue weighted by atomic mass is 79.9. The van der Waals surface area contributed by atoms with Crippen molar-refractivity contribution in [1.29, 1.82) is 0 Å². The molecule has 2 rings (SSSR count). The summed E-state index contributed by atoms with van der Waals surface area (Å²) in [7, 11) is 0. The molecule has 1 aliphatic heterocycles. The molecule has 0 saturated carbocycles. The van der Waals surface area contributed by atoms with Crippen LogP contribution in [0.15, 0.2) is 28.7 Å². The van der Waals surface area contributed by atoms with Crippen molar-refractivity contribution in [3.63, 3.8) is 0 Å². The fraction of sp³-hybridized carbons (Fsp3) is 0.500. The molecule has 18 heavy (non-hydrogen) atoms. The second kappa shape index (κ2) is 5.85. The van der Waals surface area contributed by atoms with Crippen molar-refractivity contribution >= 4 is 21.8 Å². The van der Waals surface area contributed by atoms with Crippen molar-refractivity contribution in [2.75, 3.05) is 13.1 Å². The van der Waals surface area contributed by atoms with Crippen LogP contribution in [0.3, 0.4) is 0 Å². The number of rotatable bonds is 2. The summed E-state index contributed by atoms with van der Waals surface area (Å²) in [4.78, 5) is 14.4. The van der Waals surface area contributed by atoms with Crippen molar-refractivity contribution in [1.82, 2.24) is 4.90 Å². The van der Waals surface area contributed by atoms with Gasteiger partial charge in [-0.15, -0.1) is 0 Å². The highest BCUT2D eigenvalue weighted by Gasteiger charge is 2.28. The molecule has 98 valence electrons. The van der Waals surface area contributed by atoms with E-state index in [4.69, 9.17) is 5.73 Å². The summed E-state index contributed by atoms with van der Waals surface area (Å²) in [6, 6.07) is 7.87. The van der Waals surface area contributed by atoms with Gasteiger partial charge in [-0.2, -0.15) is 0 Å². The second-order valence-corrected chi connectivity index (χ2v) is 5.91. The lowest BCUT2D eigenvalue weighted by atomic mass is 9.93. The molecule has 0 aliphatic carbocycles. The predicted octanol–water partition coefficient (Wildman–Crippen LogP) is 2.65. The third kappa shape index (κ3) is 2.93. The Balaban J connectivity index is 2.16. The van der Waals surface area contributed by atoms with Gasteiger partial charge in [0.05, 0.1) is 0 Å². The standard InChI is InChI=1S/C14H19BrN2O/c1-10-5-6-11(8-16)9-17(10)14(18)12-3-2-4-13(15)7-12/h2-4,7,10-11H,5-6,8-9,16H2,1H3. The molecular weight excluding hydrogens is 292 g/mol. The molecule has 1 amide bonds. The van der Waals surface area contributed by atoms with Crippen molar-refractivity contribution in [2.45, 2.75) is 25.8 Å². The first-order valence-corrected chi connectivity index (χ1v) is 7.17. The van der Waals surface area contributed by atoms with Gasteiger partial charge in [0, 0.05) is 22.6 Å². The van der Waals surface area contributed by atoms with E-state index < -0.39 is 0 Å². The number of hydrogen-bond donors (Lipinski definition) is 1. The van der Waals surface area contributed by atoms with E-state index in [0.29, 0.717) is 18.5 Å². The summed E-state index contributed by atoms with van der Waals surface area (Å²) >= 11 is 3.40. The van der Waals surface area contributed by atoms with E-state index in [0.717, 1.165) is 29.4 Å². The van der Waals surface area contributed by atoms with Gasteiger partial charge in [0.15, 0.2) is 0 Å². The minimum Gasteiger partial charge on any atom is -0.336 e. The minimum atomic E-state index is 0.113. The molecule has 0 aromatic heterocycles. The molecule has 1 aromatic carbocycles. The topological polar surface area (TPSA) is 46.3 Å². The molecule has 2 atom stereocenters. The Kier molecular flexibility index (Phi) is 4.40. The van der Waals surface area contributed by atoms with Crippen LogP contribution in [-0.4, -0.2) is 29.9 Å². The number of nitrogens with two attached hydrogens (primary N) is 1. The Morgan fingerprint density at radius 2 is 2.28 bits per heavy atom. The largest absolute Gasteiger partial charge is 0.336 e. The van der Waals surface area contributed by atoms with E-state index >= 15 is 0 Å².